The first-order chi connectivity index (χ1) is 11.8. The van der Waals surface area contributed by atoms with Crippen molar-refractivity contribution in [2.24, 2.45) is 0 Å². The molecule has 0 radical (unpaired) electrons. The van der Waals surface area contributed by atoms with Crippen LogP contribution in [0.25, 0.3) is 11.0 Å². The minimum atomic E-state index is -4.62. The summed E-state index contributed by atoms with van der Waals surface area (Å²) in [5.41, 5.74) is 0.523. The highest BCUT2D eigenvalue weighted by atomic mass is 35.5. The summed E-state index contributed by atoms with van der Waals surface area (Å²) in [6.45, 7) is -0.472. The highest BCUT2D eigenvalue weighted by molar-refractivity contribution is 6.30. The second kappa shape index (κ2) is 6.93. The van der Waals surface area contributed by atoms with E-state index in [0.717, 1.165) is 4.57 Å². The van der Waals surface area contributed by atoms with Crippen LogP contribution >= 0.6 is 11.6 Å². The number of para-hydroxylation sites is 2. The summed E-state index contributed by atoms with van der Waals surface area (Å²) in [5.74, 6) is -0.617. The highest BCUT2D eigenvalue weighted by Gasteiger charge is 2.37. The number of aliphatic hydroxyl groups excluding tert-OH is 1. The van der Waals surface area contributed by atoms with Gasteiger partial charge in [-0.05, 0) is 30.3 Å². The van der Waals surface area contributed by atoms with Gasteiger partial charge in [-0.25, -0.2) is 4.98 Å². The molecule has 1 heterocycles. The lowest BCUT2D eigenvalue weighted by atomic mass is 10.3. The monoisotopic (exact) mass is 370 g/mol. The number of rotatable bonds is 5. The van der Waals surface area contributed by atoms with Crippen molar-refractivity contribution in [3.63, 3.8) is 0 Å². The van der Waals surface area contributed by atoms with Gasteiger partial charge in [0.05, 0.1) is 17.6 Å². The number of nitrogens with zero attached hydrogens (tertiary/aromatic N) is 2. The number of fused-ring (bicyclic) bond motifs is 1. The quantitative estimate of drug-likeness (QED) is 0.734. The van der Waals surface area contributed by atoms with Crippen molar-refractivity contribution in [2.45, 2.75) is 18.8 Å². The number of alkyl halides is 3. The van der Waals surface area contributed by atoms with Crippen molar-refractivity contribution in [3.8, 4) is 5.75 Å². The van der Waals surface area contributed by atoms with Crippen LogP contribution in [0, 0.1) is 0 Å². The Labute approximate surface area is 146 Å². The third-order valence-corrected chi connectivity index (χ3v) is 3.77. The fourth-order valence-electron chi connectivity index (χ4n) is 2.49. The smallest absolute Gasteiger partial charge is 0.449 e. The van der Waals surface area contributed by atoms with Gasteiger partial charge in [0.15, 0.2) is 0 Å². The molecule has 1 aromatic heterocycles. The molecule has 25 heavy (non-hydrogen) atoms. The lowest BCUT2D eigenvalue weighted by Crippen LogP contribution is -2.26. The molecule has 0 fully saturated rings. The Balaban J connectivity index is 1.79. The molecule has 8 heteroatoms. The van der Waals surface area contributed by atoms with Crippen molar-refractivity contribution in [2.75, 3.05) is 6.61 Å². The first-order valence-electron chi connectivity index (χ1n) is 7.43. The number of aliphatic hydroxyl groups is 1. The third-order valence-electron chi connectivity index (χ3n) is 3.54. The van der Waals surface area contributed by atoms with E-state index in [1.807, 2.05) is 0 Å². The Morgan fingerprint density at radius 3 is 2.64 bits per heavy atom. The molecule has 3 rings (SSSR count). The van der Waals surface area contributed by atoms with Gasteiger partial charge in [0.25, 0.3) is 0 Å². The normalized spacial score (nSPS) is 13.2. The second-order valence-corrected chi connectivity index (χ2v) is 5.89. The molecular formula is C17H14ClF3N2O2. The van der Waals surface area contributed by atoms with E-state index in [9.17, 15) is 18.3 Å². The van der Waals surface area contributed by atoms with Crippen LogP contribution in [0.1, 0.15) is 5.82 Å². The number of benzene rings is 2. The van der Waals surface area contributed by atoms with Crippen LogP contribution in [-0.4, -0.2) is 27.4 Å². The summed E-state index contributed by atoms with van der Waals surface area (Å²) in [7, 11) is 0. The summed E-state index contributed by atoms with van der Waals surface area (Å²) in [6.07, 6.45) is -5.77. The average molecular weight is 371 g/mol. The molecule has 0 saturated carbocycles. The van der Waals surface area contributed by atoms with E-state index in [-0.39, 0.29) is 18.7 Å². The van der Waals surface area contributed by atoms with E-state index in [2.05, 4.69) is 4.98 Å². The van der Waals surface area contributed by atoms with Crippen LogP contribution in [0.3, 0.4) is 0 Å². The van der Waals surface area contributed by atoms with E-state index in [1.54, 1.807) is 36.4 Å². The minimum absolute atomic E-state index is 0.176. The third kappa shape index (κ3) is 4.05. The molecule has 132 valence electrons. The highest BCUT2D eigenvalue weighted by Crippen LogP contribution is 2.31. The van der Waals surface area contributed by atoms with Crippen molar-refractivity contribution in [1.29, 1.82) is 0 Å². The number of ether oxygens (including phenoxy) is 1. The molecule has 1 unspecified atom stereocenters. The molecular weight excluding hydrogens is 357 g/mol. The first-order valence-corrected chi connectivity index (χ1v) is 7.81. The molecule has 1 atom stereocenters. The molecule has 0 aliphatic heterocycles. The molecule has 0 spiro atoms. The zero-order chi connectivity index (χ0) is 18.0. The molecule has 0 aliphatic rings. The Morgan fingerprint density at radius 1 is 1.16 bits per heavy atom. The summed E-state index contributed by atoms with van der Waals surface area (Å²) in [4.78, 5) is 3.64. The van der Waals surface area contributed by atoms with Crippen molar-refractivity contribution < 1.29 is 23.0 Å². The molecule has 3 aromatic rings. The second-order valence-electron chi connectivity index (χ2n) is 5.45. The Bertz CT molecular complexity index is 880. The van der Waals surface area contributed by atoms with Gasteiger partial charge in [-0.15, -0.1) is 0 Å². The van der Waals surface area contributed by atoms with E-state index >= 15 is 0 Å². The number of halogens is 4. The Morgan fingerprint density at radius 2 is 1.92 bits per heavy atom. The summed E-state index contributed by atoms with van der Waals surface area (Å²) in [5, 5.41) is 10.6. The van der Waals surface area contributed by atoms with E-state index in [4.69, 9.17) is 16.3 Å². The maximum atomic E-state index is 13.2. The van der Waals surface area contributed by atoms with Gasteiger partial charge in [-0.3, -0.25) is 0 Å². The standard InChI is InChI=1S/C17H14ClF3N2O2/c18-11-4-3-5-13(8-11)25-10-12(24)9-23-15-7-2-1-6-14(15)22-16(23)17(19,20)21/h1-8,12,24H,9-10H2. The van der Waals surface area contributed by atoms with Gasteiger partial charge in [0.2, 0.25) is 5.82 Å². The zero-order valence-corrected chi connectivity index (χ0v) is 13.6. The number of hydrogen-bond donors (Lipinski definition) is 1. The van der Waals surface area contributed by atoms with Crippen molar-refractivity contribution in [1.82, 2.24) is 9.55 Å². The van der Waals surface area contributed by atoms with Crippen LogP contribution in [0.5, 0.6) is 5.75 Å². The van der Waals surface area contributed by atoms with E-state index in [0.29, 0.717) is 16.3 Å². The van der Waals surface area contributed by atoms with Gasteiger partial charge in [0, 0.05) is 5.02 Å². The molecule has 0 amide bonds. The molecule has 4 nitrogen and oxygen atoms in total. The van der Waals surface area contributed by atoms with Crippen molar-refractivity contribution >= 4 is 22.6 Å². The Hall–Kier alpha value is -2.25. The predicted octanol–water partition coefficient (Wildman–Crippen LogP) is 4.15. The molecule has 0 aliphatic carbocycles. The fourth-order valence-corrected chi connectivity index (χ4v) is 2.67. The van der Waals surface area contributed by atoms with Gasteiger partial charge in [0.1, 0.15) is 18.5 Å². The summed E-state index contributed by atoms with van der Waals surface area (Å²) < 4.78 is 46.0. The number of hydrogen-bond acceptors (Lipinski definition) is 3. The van der Waals surface area contributed by atoms with E-state index < -0.39 is 18.1 Å². The van der Waals surface area contributed by atoms with Gasteiger partial charge in [-0.1, -0.05) is 29.8 Å². The van der Waals surface area contributed by atoms with Crippen LogP contribution in [0.4, 0.5) is 13.2 Å². The van der Waals surface area contributed by atoms with Crippen LogP contribution in [0.15, 0.2) is 48.5 Å². The molecule has 2 aromatic carbocycles. The summed E-state index contributed by atoms with van der Waals surface area (Å²) in [6, 6.07) is 12.8. The Kier molecular flexibility index (Phi) is 4.87. The SMILES string of the molecule is OC(COc1cccc(Cl)c1)Cn1c(C(F)(F)F)nc2ccccc21. The number of imidazole rings is 1. The largest absolute Gasteiger partial charge is 0.491 e. The topological polar surface area (TPSA) is 47.3 Å². The van der Waals surface area contributed by atoms with Gasteiger partial charge in [-0.2, -0.15) is 13.2 Å². The fraction of sp³-hybridized carbons (Fsp3) is 0.235. The lowest BCUT2D eigenvalue weighted by Gasteiger charge is -2.16. The maximum absolute atomic E-state index is 13.2. The van der Waals surface area contributed by atoms with Crippen LogP contribution in [-0.2, 0) is 12.7 Å². The minimum Gasteiger partial charge on any atom is -0.491 e. The maximum Gasteiger partial charge on any atom is 0.449 e. The van der Waals surface area contributed by atoms with Gasteiger partial charge < -0.3 is 14.4 Å². The summed E-state index contributed by atoms with van der Waals surface area (Å²) >= 11 is 5.83. The van der Waals surface area contributed by atoms with Gasteiger partial charge >= 0.3 is 6.18 Å². The first kappa shape index (κ1) is 17.6. The molecule has 0 saturated heterocycles. The molecule has 1 N–H and O–H groups in total. The van der Waals surface area contributed by atoms with Crippen LogP contribution < -0.4 is 4.74 Å². The molecule has 0 bridgehead atoms. The predicted molar refractivity (Wildman–Crippen MR) is 87.7 cm³/mol. The van der Waals surface area contributed by atoms with E-state index in [1.165, 1.54) is 12.1 Å². The lowest BCUT2D eigenvalue weighted by molar-refractivity contribution is -0.147. The van der Waals surface area contributed by atoms with Crippen molar-refractivity contribution in [3.05, 3.63) is 59.4 Å². The van der Waals surface area contributed by atoms with Crippen LogP contribution in [0.2, 0.25) is 5.02 Å². The zero-order valence-electron chi connectivity index (χ0n) is 12.9. The average Bonchev–Trinajstić information content (AvgIpc) is 2.92. The number of aromatic nitrogens is 2.